The van der Waals surface area contributed by atoms with Crippen LogP contribution in [0.25, 0.3) is 0 Å². The zero-order valence-electron chi connectivity index (χ0n) is 6.66. The predicted octanol–water partition coefficient (Wildman–Crippen LogP) is 1.57. The monoisotopic (exact) mass is 153 g/mol. The van der Waals surface area contributed by atoms with Gasteiger partial charge in [0.15, 0.2) is 0 Å². The van der Waals surface area contributed by atoms with Gasteiger partial charge >= 0.3 is 5.97 Å². The number of aliphatic carboxylic acids is 1. The summed E-state index contributed by atoms with van der Waals surface area (Å²) in [5.74, 6) is -1.03. The average Bonchev–Trinajstić information content (AvgIpc) is 1.99. The summed E-state index contributed by atoms with van der Waals surface area (Å²) < 4.78 is 0. The van der Waals surface area contributed by atoms with E-state index >= 15 is 0 Å². The number of allylic oxidation sites excluding steroid dienone is 1. The molecule has 0 heterocycles. The third-order valence-corrected chi connectivity index (χ3v) is 1.34. The average molecular weight is 153 g/mol. The minimum atomic E-state index is -0.921. The summed E-state index contributed by atoms with van der Waals surface area (Å²) in [7, 11) is 0. The van der Waals surface area contributed by atoms with E-state index < -0.39 is 5.97 Å². The van der Waals surface area contributed by atoms with Gasteiger partial charge in [-0.25, -0.2) is 4.79 Å². The summed E-state index contributed by atoms with van der Waals surface area (Å²) in [5.41, 5.74) is 0.298. The molecule has 0 saturated carbocycles. The Kier molecular flexibility index (Phi) is 3.97. The van der Waals surface area contributed by atoms with Crippen LogP contribution in [-0.2, 0) is 4.79 Å². The first-order valence-electron chi connectivity index (χ1n) is 3.37. The van der Waals surface area contributed by atoms with E-state index in [-0.39, 0.29) is 5.92 Å². The number of hydrogen-bond acceptors (Lipinski definition) is 2. The molecule has 0 saturated heterocycles. The maximum Gasteiger partial charge on any atom is 0.330 e. The van der Waals surface area contributed by atoms with E-state index in [2.05, 4.69) is 0 Å². The number of nitrogens with zero attached hydrogens (tertiary/aromatic N) is 1. The largest absolute Gasteiger partial charge is 0.478 e. The van der Waals surface area contributed by atoms with Gasteiger partial charge in [-0.1, -0.05) is 6.08 Å². The Labute approximate surface area is 66.0 Å². The molecule has 0 aliphatic carbocycles. The Morgan fingerprint density at radius 1 is 1.82 bits per heavy atom. The van der Waals surface area contributed by atoms with Crippen molar-refractivity contribution >= 4 is 5.97 Å². The summed E-state index contributed by atoms with van der Waals surface area (Å²) in [4.78, 5) is 10.2. The highest BCUT2D eigenvalue weighted by Crippen LogP contribution is 2.03. The Hall–Kier alpha value is -1.30. The van der Waals surface area contributed by atoms with Crippen molar-refractivity contribution < 1.29 is 9.90 Å². The highest BCUT2D eigenvalue weighted by Gasteiger charge is 2.00. The first-order valence-corrected chi connectivity index (χ1v) is 3.37. The lowest BCUT2D eigenvalue weighted by Crippen LogP contribution is -1.97. The summed E-state index contributed by atoms with van der Waals surface area (Å²) in [5, 5.41) is 16.8. The fourth-order valence-electron chi connectivity index (χ4n) is 0.494. The fraction of sp³-hybridized carbons (Fsp3) is 0.500. The van der Waals surface area contributed by atoms with E-state index in [4.69, 9.17) is 10.4 Å². The van der Waals surface area contributed by atoms with Gasteiger partial charge in [-0.05, 0) is 20.3 Å². The van der Waals surface area contributed by atoms with Gasteiger partial charge in [-0.3, -0.25) is 0 Å². The first kappa shape index (κ1) is 9.70. The third-order valence-electron chi connectivity index (χ3n) is 1.34. The molecule has 0 aliphatic heterocycles. The van der Waals surface area contributed by atoms with E-state index in [0.717, 1.165) is 0 Å². The van der Waals surface area contributed by atoms with Crippen LogP contribution in [0.2, 0.25) is 0 Å². The van der Waals surface area contributed by atoms with E-state index in [1.165, 1.54) is 6.92 Å². The Morgan fingerprint density at radius 3 is 2.73 bits per heavy atom. The van der Waals surface area contributed by atoms with Crippen LogP contribution in [0, 0.1) is 17.2 Å². The van der Waals surface area contributed by atoms with Crippen LogP contribution in [0.1, 0.15) is 20.3 Å². The van der Waals surface area contributed by atoms with Crippen molar-refractivity contribution in [3.63, 3.8) is 0 Å². The molecule has 1 N–H and O–H groups in total. The van der Waals surface area contributed by atoms with Crippen molar-refractivity contribution in [3.8, 4) is 6.07 Å². The predicted molar refractivity (Wildman–Crippen MR) is 40.8 cm³/mol. The summed E-state index contributed by atoms with van der Waals surface area (Å²) >= 11 is 0. The molecule has 0 fully saturated rings. The van der Waals surface area contributed by atoms with E-state index in [9.17, 15) is 4.79 Å². The minimum Gasteiger partial charge on any atom is -0.478 e. The third kappa shape index (κ3) is 4.15. The van der Waals surface area contributed by atoms with Crippen molar-refractivity contribution in [2.24, 2.45) is 5.92 Å². The number of carboxylic acid groups (broad SMARTS) is 1. The molecule has 0 bridgehead atoms. The Balaban J connectivity index is 3.95. The van der Waals surface area contributed by atoms with Crippen molar-refractivity contribution in [2.75, 3.05) is 0 Å². The zero-order valence-corrected chi connectivity index (χ0v) is 6.66. The number of carboxylic acids is 1. The first-order chi connectivity index (χ1) is 5.07. The molecule has 0 aromatic rings. The van der Waals surface area contributed by atoms with Crippen molar-refractivity contribution in [1.82, 2.24) is 0 Å². The molecule has 0 spiro atoms. The van der Waals surface area contributed by atoms with Crippen molar-refractivity contribution in [3.05, 3.63) is 11.6 Å². The summed E-state index contributed by atoms with van der Waals surface area (Å²) in [6.45, 7) is 3.28. The lowest BCUT2D eigenvalue weighted by Gasteiger charge is -1.95. The maximum absolute atomic E-state index is 10.2. The van der Waals surface area contributed by atoms with Crippen LogP contribution in [0.15, 0.2) is 11.6 Å². The van der Waals surface area contributed by atoms with Crippen molar-refractivity contribution in [1.29, 1.82) is 5.26 Å². The molecule has 1 atom stereocenters. The number of rotatable bonds is 3. The molecule has 0 rings (SSSR count). The normalized spacial score (nSPS) is 13.7. The summed E-state index contributed by atoms with van der Waals surface area (Å²) in [6.07, 6.45) is 2.07. The van der Waals surface area contributed by atoms with Crippen LogP contribution >= 0.6 is 0 Å². The minimum absolute atomic E-state index is 0.107. The molecule has 0 aromatic heterocycles. The molecule has 3 heteroatoms. The molecule has 0 aliphatic rings. The molecular weight excluding hydrogens is 142 g/mol. The van der Waals surface area contributed by atoms with E-state index in [1.807, 2.05) is 6.07 Å². The molecular formula is C8H11NO2. The molecule has 3 nitrogen and oxygen atoms in total. The van der Waals surface area contributed by atoms with Gasteiger partial charge < -0.3 is 5.11 Å². The fourth-order valence-corrected chi connectivity index (χ4v) is 0.494. The van der Waals surface area contributed by atoms with Gasteiger partial charge in [0.25, 0.3) is 0 Å². The van der Waals surface area contributed by atoms with Gasteiger partial charge in [0.1, 0.15) is 0 Å². The molecule has 60 valence electrons. The lowest BCUT2D eigenvalue weighted by atomic mass is 10.1. The number of hydrogen-bond donors (Lipinski definition) is 1. The molecule has 0 aromatic carbocycles. The number of carbonyl (C=O) groups is 1. The lowest BCUT2D eigenvalue weighted by molar-refractivity contribution is -0.132. The van der Waals surface area contributed by atoms with Crippen LogP contribution in [0.3, 0.4) is 0 Å². The second-order valence-corrected chi connectivity index (χ2v) is 2.46. The molecule has 1 unspecified atom stereocenters. The quantitative estimate of drug-likeness (QED) is 0.626. The van der Waals surface area contributed by atoms with E-state index in [1.54, 1.807) is 13.0 Å². The van der Waals surface area contributed by atoms with E-state index in [0.29, 0.717) is 12.0 Å². The maximum atomic E-state index is 10.2. The molecule has 0 amide bonds. The van der Waals surface area contributed by atoms with Crippen LogP contribution in [-0.4, -0.2) is 11.1 Å². The Morgan fingerprint density at radius 2 is 2.36 bits per heavy atom. The Bertz CT molecular complexity index is 213. The standard InChI is InChI=1S/C8H11NO2/c1-6(5-9)3-4-7(2)8(10)11/h4,6H,3H2,1-2H3,(H,10,11). The topological polar surface area (TPSA) is 61.1 Å². The van der Waals surface area contributed by atoms with Crippen LogP contribution < -0.4 is 0 Å². The summed E-state index contributed by atoms with van der Waals surface area (Å²) in [6, 6.07) is 2.02. The van der Waals surface area contributed by atoms with Gasteiger partial charge in [0, 0.05) is 11.5 Å². The SMILES string of the molecule is CC(=CCC(C)C#N)C(=O)O. The van der Waals surface area contributed by atoms with Crippen LogP contribution in [0.5, 0.6) is 0 Å². The number of nitriles is 1. The second kappa shape index (κ2) is 4.51. The van der Waals surface area contributed by atoms with Gasteiger partial charge in [-0.2, -0.15) is 5.26 Å². The van der Waals surface area contributed by atoms with Gasteiger partial charge in [0.05, 0.1) is 6.07 Å². The molecule has 11 heavy (non-hydrogen) atoms. The highest BCUT2D eigenvalue weighted by atomic mass is 16.4. The second-order valence-electron chi connectivity index (χ2n) is 2.46. The van der Waals surface area contributed by atoms with Gasteiger partial charge in [0.2, 0.25) is 0 Å². The molecule has 0 radical (unpaired) electrons. The highest BCUT2D eigenvalue weighted by molar-refractivity contribution is 5.85. The van der Waals surface area contributed by atoms with Crippen molar-refractivity contribution in [2.45, 2.75) is 20.3 Å². The van der Waals surface area contributed by atoms with Crippen LogP contribution in [0.4, 0.5) is 0 Å². The smallest absolute Gasteiger partial charge is 0.330 e. The zero-order chi connectivity index (χ0) is 8.85. The van der Waals surface area contributed by atoms with Gasteiger partial charge in [-0.15, -0.1) is 0 Å².